The quantitative estimate of drug-likeness (QED) is 0.864. The number of benzene rings is 1. The number of hydrogen-bond donors (Lipinski definition) is 1. The Balaban J connectivity index is 2.18. The Labute approximate surface area is 123 Å². The second kappa shape index (κ2) is 7.65. The topological polar surface area (TPSA) is 24.5 Å². The average molecular weight is 276 g/mol. The van der Waals surface area contributed by atoms with Crippen LogP contribution < -0.4 is 10.1 Å². The SMILES string of the molecule is CCCC[C@H](c1ccc(OC)c(C)c1)N1CCNCC1. The first-order valence-corrected chi connectivity index (χ1v) is 7.85. The predicted molar refractivity (Wildman–Crippen MR) is 84.4 cm³/mol. The van der Waals surface area contributed by atoms with Gasteiger partial charge in [-0.15, -0.1) is 0 Å². The molecule has 0 aliphatic carbocycles. The van der Waals surface area contributed by atoms with Gasteiger partial charge >= 0.3 is 0 Å². The second-order valence-corrected chi connectivity index (χ2v) is 5.67. The van der Waals surface area contributed by atoms with Crippen LogP contribution in [-0.2, 0) is 0 Å². The number of unbranched alkanes of at least 4 members (excludes halogenated alkanes) is 1. The summed E-state index contributed by atoms with van der Waals surface area (Å²) >= 11 is 0. The van der Waals surface area contributed by atoms with Crippen LogP contribution in [0.15, 0.2) is 18.2 Å². The molecule has 1 fully saturated rings. The molecule has 20 heavy (non-hydrogen) atoms. The molecule has 112 valence electrons. The van der Waals surface area contributed by atoms with Crippen LogP contribution in [0, 0.1) is 6.92 Å². The number of methoxy groups -OCH3 is 1. The maximum absolute atomic E-state index is 5.38. The lowest BCUT2D eigenvalue weighted by atomic mass is 9.97. The fourth-order valence-corrected chi connectivity index (χ4v) is 3.06. The van der Waals surface area contributed by atoms with Crippen molar-refractivity contribution in [3.63, 3.8) is 0 Å². The molecular formula is C17H28N2O. The van der Waals surface area contributed by atoms with Gasteiger partial charge in [0.2, 0.25) is 0 Å². The molecule has 1 atom stereocenters. The predicted octanol–water partition coefficient (Wildman–Crippen LogP) is 3.14. The van der Waals surface area contributed by atoms with Crippen molar-refractivity contribution in [3.8, 4) is 5.75 Å². The molecule has 2 rings (SSSR count). The molecule has 3 heteroatoms. The van der Waals surface area contributed by atoms with Gasteiger partial charge in [-0.2, -0.15) is 0 Å². The number of nitrogens with one attached hydrogen (secondary N) is 1. The summed E-state index contributed by atoms with van der Waals surface area (Å²) in [5, 5.41) is 3.45. The van der Waals surface area contributed by atoms with Gasteiger partial charge in [-0.3, -0.25) is 4.90 Å². The van der Waals surface area contributed by atoms with E-state index in [9.17, 15) is 0 Å². The summed E-state index contributed by atoms with van der Waals surface area (Å²) in [5.41, 5.74) is 2.68. The monoisotopic (exact) mass is 276 g/mol. The molecule has 1 heterocycles. The van der Waals surface area contributed by atoms with E-state index in [1.165, 1.54) is 30.4 Å². The largest absolute Gasteiger partial charge is 0.496 e. The molecule has 1 aliphatic rings. The Kier molecular flexibility index (Phi) is 5.86. The molecule has 0 saturated carbocycles. The molecule has 0 aromatic heterocycles. The highest BCUT2D eigenvalue weighted by Crippen LogP contribution is 2.30. The number of hydrogen-bond acceptors (Lipinski definition) is 3. The normalized spacial score (nSPS) is 17.9. The van der Waals surface area contributed by atoms with Gasteiger partial charge in [-0.25, -0.2) is 0 Å². The highest BCUT2D eigenvalue weighted by atomic mass is 16.5. The summed E-state index contributed by atoms with van der Waals surface area (Å²) in [5.74, 6) is 0.989. The zero-order valence-corrected chi connectivity index (χ0v) is 13.1. The van der Waals surface area contributed by atoms with Gasteiger partial charge in [0.1, 0.15) is 5.75 Å². The number of rotatable bonds is 6. The lowest BCUT2D eigenvalue weighted by Crippen LogP contribution is -2.45. The number of aryl methyl sites for hydroxylation is 1. The van der Waals surface area contributed by atoms with Gasteiger partial charge in [0.05, 0.1) is 7.11 Å². The van der Waals surface area contributed by atoms with Crippen molar-refractivity contribution in [2.24, 2.45) is 0 Å². The smallest absolute Gasteiger partial charge is 0.121 e. The Morgan fingerprint density at radius 2 is 2.05 bits per heavy atom. The third-order valence-corrected chi connectivity index (χ3v) is 4.23. The molecule has 3 nitrogen and oxygen atoms in total. The van der Waals surface area contributed by atoms with Crippen LogP contribution in [-0.4, -0.2) is 38.2 Å². The average Bonchev–Trinajstić information content (AvgIpc) is 2.49. The molecule has 0 amide bonds. The van der Waals surface area contributed by atoms with Gasteiger partial charge in [-0.05, 0) is 30.5 Å². The zero-order chi connectivity index (χ0) is 14.4. The van der Waals surface area contributed by atoms with Crippen molar-refractivity contribution in [3.05, 3.63) is 29.3 Å². The van der Waals surface area contributed by atoms with E-state index in [-0.39, 0.29) is 0 Å². The molecule has 0 radical (unpaired) electrons. The van der Waals surface area contributed by atoms with E-state index in [4.69, 9.17) is 4.74 Å². The molecule has 0 unspecified atom stereocenters. The summed E-state index contributed by atoms with van der Waals surface area (Å²) < 4.78 is 5.38. The maximum Gasteiger partial charge on any atom is 0.121 e. The van der Waals surface area contributed by atoms with Crippen LogP contribution >= 0.6 is 0 Å². The third-order valence-electron chi connectivity index (χ3n) is 4.23. The fourth-order valence-electron chi connectivity index (χ4n) is 3.06. The molecule has 1 aromatic carbocycles. The van der Waals surface area contributed by atoms with E-state index in [0.29, 0.717) is 6.04 Å². The number of piperazine rings is 1. The van der Waals surface area contributed by atoms with E-state index in [1.807, 2.05) is 0 Å². The van der Waals surface area contributed by atoms with Gasteiger partial charge in [0.25, 0.3) is 0 Å². The highest BCUT2D eigenvalue weighted by Gasteiger charge is 2.22. The standard InChI is InChI=1S/C17H28N2O/c1-4-5-6-16(19-11-9-18-10-12-19)15-7-8-17(20-3)14(2)13-15/h7-8,13,16,18H,4-6,9-12H2,1-3H3/t16-/m1/s1. The van der Waals surface area contributed by atoms with E-state index >= 15 is 0 Å². The molecule has 0 spiro atoms. The summed E-state index contributed by atoms with van der Waals surface area (Å²) in [6.07, 6.45) is 3.81. The summed E-state index contributed by atoms with van der Waals surface area (Å²) in [6, 6.07) is 7.22. The summed E-state index contributed by atoms with van der Waals surface area (Å²) in [6.45, 7) is 8.93. The Bertz CT molecular complexity index is 413. The Hall–Kier alpha value is -1.06. The maximum atomic E-state index is 5.38. The van der Waals surface area contributed by atoms with Gasteiger partial charge < -0.3 is 10.1 Å². The lowest BCUT2D eigenvalue weighted by Gasteiger charge is -2.35. The van der Waals surface area contributed by atoms with Crippen molar-refractivity contribution in [2.45, 2.75) is 39.2 Å². The first kappa shape index (κ1) is 15.3. The van der Waals surface area contributed by atoms with Gasteiger partial charge in [0.15, 0.2) is 0 Å². The van der Waals surface area contributed by atoms with Crippen molar-refractivity contribution in [1.82, 2.24) is 10.2 Å². The van der Waals surface area contributed by atoms with Crippen molar-refractivity contribution in [1.29, 1.82) is 0 Å². The van der Waals surface area contributed by atoms with Crippen LogP contribution in [0.3, 0.4) is 0 Å². The molecule has 1 saturated heterocycles. The van der Waals surface area contributed by atoms with Crippen LogP contribution in [0.25, 0.3) is 0 Å². The van der Waals surface area contributed by atoms with Crippen molar-refractivity contribution < 1.29 is 4.74 Å². The van der Waals surface area contributed by atoms with Gasteiger partial charge in [-0.1, -0.05) is 31.9 Å². The second-order valence-electron chi connectivity index (χ2n) is 5.67. The molecule has 1 N–H and O–H groups in total. The lowest BCUT2D eigenvalue weighted by molar-refractivity contribution is 0.163. The first-order valence-electron chi connectivity index (χ1n) is 7.85. The molecular weight excluding hydrogens is 248 g/mol. The van der Waals surface area contributed by atoms with E-state index < -0.39 is 0 Å². The molecule has 1 aromatic rings. The van der Waals surface area contributed by atoms with Crippen molar-refractivity contribution in [2.75, 3.05) is 33.3 Å². The van der Waals surface area contributed by atoms with Gasteiger partial charge in [0, 0.05) is 32.2 Å². The Morgan fingerprint density at radius 3 is 2.65 bits per heavy atom. The van der Waals surface area contributed by atoms with E-state index in [1.54, 1.807) is 7.11 Å². The fraction of sp³-hybridized carbons (Fsp3) is 0.647. The van der Waals surface area contributed by atoms with E-state index in [0.717, 1.165) is 31.9 Å². The number of nitrogens with zero attached hydrogens (tertiary/aromatic N) is 1. The van der Waals surface area contributed by atoms with Crippen LogP contribution in [0.4, 0.5) is 0 Å². The van der Waals surface area contributed by atoms with E-state index in [2.05, 4.69) is 42.3 Å². The summed E-state index contributed by atoms with van der Waals surface area (Å²) in [7, 11) is 1.74. The minimum absolute atomic E-state index is 0.557. The zero-order valence-electron chi connectivity index (χ0n) is 13.1. The van der Waals surface area contributed by atoms with Crippen molar-refractivity contribution >= 4 is 0 Å². The summed E-state index contributed by atoms with van der Waals surface area (Å²) in [4.78, 5) is 2.63. The molecule has 1 aliphatic heterocycles. The third kappa shape index (κ3) is 3.74. The van der Waals surface area contributed by atoms with Crippen LogP contribution in [0.5, 0.6) is 5.75 Å². The number of ether oxygens (including phenoxy) is 1. The first-order chi connectivity index (χ1) is 9.76. The van der Waals surface area contributed by atoms with Crippen LogP contribution in [0.1, 0.15) is 43.4 Å². The minimum Gasteiger partial charge on any atom is -0.496 e. The Morgan fingerprint density at radius 1 is 1.30 bits per heavy atom. The molecule has 0 bridgehead atoms. The van der Waals surface area contributed by atoms with Crippen LogP contribution in [0.2, 0.25) is 0 Å². The minimum atomic E-state index is 0.557. The highest BCUT2D eigenvalue weighted by molar-refractivity contribution is 5.37.